The molecule has 0 fully saturated rings. The van der Waals surface area contributed by atoms with Crippen LogP contribution in [0.25, 0.3) is 21.9 Å². The summed E-state index contributed by atoms with van der Waals surface area (Å²) >= 11 is 0. The smallest absolute Gasteiger partial charge is 0.0536 e. The minimum atomic E-state index is 0.851. The first-order valence-electron chi connectivity index (χ1n) is 15.0. The van der Waals surface area contributed by atoms with Gasteiger partial charge in [0.2, 0.25) is 0 Å². The van der Waals surface area contributed by atoms with E-state index in [1.165, 1.54) is 61.4 Å². The molecule has 0 saturated carbocycles. The van der Waals surface area contributed by atoms with Crippen LogP contribution in [-0.4, -0.2) is 7.05 Å². The zero-order valence-electron chi connectivity index (χ0n) is 25.5. The molecule has 5 aromatic carbocycles. The summed E-state index contributed by atoms with van der Waals surface area (Å²) in [6, 6.07) is 41.7. The number of nitrogens with zero attached hydrogens (tertiary/aromatic N) is 2. The summed E-state index contributed by atoms with van der Waals surface area (Å²) in [4.78, 5) is 4.65. The molecule has 2 heteroatoms. The molecular formula is C41H38N2. The molecule has 0 unspecified atom stereocenters. The summed E-state index contributed by atoms with van der Waals surface area (Å²) in [5.74, 6) is 0. The highest BCUT2D eigenvalue weighted by atomic mass is 15.1. The van der Waals surface area contributed by atoms with Crippen molar-refractivity contribution in [3.05, 3.63) is 168 Å². The monoisotopic (exact) mass is 558 g/mol. The van der Waals surface area contributed by atoms with E-state index in [1.807, 2.05) is 0 Å². The van der Waals surface area contributed by atoms with Gasteiger partial charge >= 0.3 is 0 Å². The molecule has 0 amide bonds. The number of fused-ring (bicyclic) bond motifs is 1. The van der Waals surface area contributed by atoms with Gasteiger partial charge in [-0.25, -0.2) is 0 Å². The largest absolute Gasteiger partial charge is 0.345 e. The quantitative estimate of drug-likeness (QED) is 0.196. The number of benzene rings is 5. The Morgan fingerprint density at radius 1 is 0.651 bits per heavy atom. The maximum atomic E-state index is 2.43. The van der Waals surface area contributed by atoms with Gasteiger partial charge in [-0.3, -0.25) is 0 Å². The van der Waals surface area contributed by atoms with Gasteiger partial charge in [-0.1, -0.05) is 103 Å². The highest BCUT2D eigenvalue weighted by molar-refractivity contribution is 5.97. The average Bonchev–Trinajstić information content (AvgIpc) is 3.22. The van der Waals surface area contributed by atoms with Crippen LogP contribution in [0.5, 0.6) is 0 Å². The lowest BCUT2D eigenvalue weighted by Gasteiger charge is -2.29. The fourth-order valence-corrected chi connectivity index (χ4v) is 5.81. The van der Waals surface area contributed by atoms with Crippen molar-refractivity contribution in [1.82, 2.24) is 0 Å². The second-order valence-electron chi connectivity index (χ2n) is 11.2. The molecule has 0 heterocycles. The van der Waals surface area contributed by atoms with Gasteiger partial charge in [0.25, 0.3) is 0 Å². The van der Waals surface area contributed by atoms with Gasteiger partial charge in [0.05, 0.1) is 5.69 Å². The molecule has 0 N–H and O–H groups in total. The van der Waals surface area contributed by atoms with Gasteiger partial charge in [0, 0.05) is 41.6 Å². The lowest BCUT2D eigenvalue weighted by Crippen LogP contribution is -2.17. The summed E-state index contributed by atoms with van der Waals surface area (Å²) < 4.78 is 0. The van der Waals surface area contributed by atoms with Crippen LogP contribution in [0.15, 0.2) is 162 Å². The Morgan fingerprint density at radius 2 is 1.26 bits per heavy atom. The first-order valence-corrected chi connectivity index (χ1v) is 15.0. The van der Waals surface area contributed by atoms with E-state index in [-0.39, 0.29) is 0 Å². The van der Waals surface area contributed by atoms with Crippen LogP contribution >= 0.6 is 0 Å². The summed E-state index contributed by atoms with van der Waals surface area (Å²) in [6.45, 7) is 6.41. The average molecular weight is 559 g/mol. The predicted molar refractivity (Wildman–Crippen MR) is 187 cm³/mol. The van der Waals surface area contributed by atoms with Gasteiger partial charge in [0.1, 0.15) is 0 Å². The van der Waals surface area contributed by atoms with Crippen molar-refractivity contribution in [2.75, 3.05) is 16.8 Å². The Hall–Kier alpha value is -5.08. The minimum absolute atomic E-state index is 0.851. The summed E-state index contributed by atoms with van der Waals surface area (Å²) in [6.07, 6.45) is 11.9. The van der Waals surface area contributed by atoms with Crippen LogP contribution in [0.2, 0.25) is 0 Å². The molecular weight excluding hydrogens is 520 g/mol. The Labute approximate surface area is 256 Å². The minimum Gasteiger partial charge on any atom is -0.345 e. The molecule has 212 valence electrons. The molecule has 0 radical (unpaired) electrons. The van der Waals surface area contributed by atoms with Crippen molar-refractivity contribution in [2.45, 2.75) is 27.2 Å². The third-order valence-corrected chi connectivity index (χ3v) is 8.31. The molecule has 5 aromatic rings. The molecule has 0 saturated heterocycles. The van der Waals surface area contributed by atoms with E-state index < -0.39 is 0 Å². The zero-order valence-corrected chi connectivity index (χ0v) is 25.5. The molecule has 0 spiro atoms. The number of allylic oxidation sites excluding steroid dienone is 7. The van der Waals surface area contributed by atoms with Gasteiger partial charge in [-0.15, -0.1) is 0 Å². The molecule has 0 aliphatic heterocycles. The maximum absolute atomic E-state index is 2.43. The van der Waals surface area contributed by atoms with E-state index in [9.17, 15) is 0 Å². The molecule has 2 nitrogen and oxygen atoms in total. The normalized spacial score (nSPS) is 13.3. The number of hydrogen-bond acceptors (Lipinski definition) is 2. The second-order valence-corrected chi connectivity index (χ2v) is 11.2. The van der Waals surface area contributed by atoms with Gasteiger partial charge in [0.15, 0.2) is 0 Å². The molecule has 43 heavy (non-hydrogen) atoms. The third kappa shape index (κ3) is 5.96. The molecule has 0 aromatic heterocycles. The van der Waals surface area contributed by atoms with Crippen LogP contribution in [0.1, 0.15) is 25.8 Å². The van der Waals surface area contributed by atoms with Crippen molar-refractivity contribution >= 4 is 33.5 Å². The number of anilines is 4. The van der Waals surface area contributed by atoms with Gasteiger partial charge in [-0.05, 0) is 97.0 Å². The third-order valence-electron chi connectivity index (χ3n) is 8.31. The number of hydrogen-bond donors (Lipinski definition) is 0. The van der Waals surface area contributed by atoms with Crippen molar-refractivity contribution in [3.8, 4) is 11.1 Å². The van der Waals surface area contributed by atoms with E-state index >= 15 is 0 Å². The highest BCUT2D eigenvalue weighted by Gasteiger charge is 2.19. The first kappa shape index (κ1) is 28.1. The van der Waals surface area contributed by atoms with Crippen LogP contribution in [-0.2, 0) is 0 Å². The van der Waals surface area contributed by atoms with Crippen LogP contribution < -0.4 is 9.80 Å². The van der Waals surface area contributed by atoms with E-state index in [2.05, 4.69) is 183 Å². The van der Waals surface area contributed by atoms with Crippen molar-refractivity contribution in [1.29, 1.82) is 0 Å². The Balaban J connectivity index is 1.35. The lowest BCUT2D eigenvalue weighted by molar-refractivity contribution is 1.05. The zero-order chi connectivity index (χ0) is 29.8. The van der Waals surface area contributed by atoms with Crippen LogP contribution in [0.4, 0.5) is 22.7 Å². The molecule has 1 aliphatic rings. The van der Waals surface area contributed by atoms with Crippen molar-refractivity contribution in [2.24, 2.45) is 0 Å². The first-order chi connectivity index (χ1) is 21.0. The SMILES string of the molecule is C/C=C\C1=C(C)C=CC=C(N(c2ccc(-c3ccc(N(C)c4ccc(C)cc4)cc3)cc2)c2cccc3ccccc23)C1. The fraction of sp³-hybridized carbons (Fsp3) is 0.122. The van der Waals surface area contributed by atoms with Crippen LogP contribution in [0, 0.1) is 6.92 Å². The molecule has 0 atom stereocenters. The van der Waals surface area contributed by atoms with Gasteiger partial charge < -0.3 is 9.80 Å². The Bertz CT molecular complexity index is 1850. The van der Waals surface area contributed by atoms with Gasteiger partial charge in [-0.2, -0.15) is 0 Å². The summed E-state index contributed by atoms with van der Waals surface area (Å²) in [5.41, 5.74) is 12.2. The molecule has 1 aliphatic carbocycles. The van der Waals surface area contributed by atoms with E-state index in [0.29, 0.717) is 0 Å². The molecule has 6 rings (SSSR count). The second kappa shape index (κ2) is 12.4. The van der Waals surface area contributed by atoms with Crippen molar-refractivity contribution in [3.63, 3.8) is 0 Å². The Kier molecular flexibility index (Phi) is 8.11. The maximum Gasteiger partial charge on any atom is 0.0536 e. The topological polar surface area (TPSA) is 6.48 Å². The Morgan fingerprint density at radius 3 is 1.93 bits per heavy atom. The highest BCUT2D eigenvalue weighted by Crippen LogP contribution is 2.39. The van der Waals surface area contributed by atoms with Crippen LogP contribution in [0.3, 0.4) is 0 Å². The number of aryl methyl sites for hydroxylation is 1. The predicted octanol–water partition coefficient (Wildman–Crippen LogP) is 11.5. The van der Waals surface area contributed by atoms with E-state index in [1.54, 1.807) is 0 Å². The fourth-order valence-electron chi connectivity index (χ4n) is 5.81. The lowest BCUT2D eigenvalue weighted by atomic mass is 10.0. The molecule has 0 bridgehead atoms. The van der Waals surface area contributed by atoms with Crippen molar-refractivity contribution < 1.29 is 0 Å². The summed E-state index contributed by atoms with van der Waals surface area (Å²) in [7, 11) is 2.12. The summed E-state index contributed by atoms with van der Waals surface area (Å²) in [5, 5.41) is 2.48. The van der Waals surface area contributed by atoms with E-state index in [4.69, 9.17) is 0 Å². The van der Waals surface area contributed by atoms with E-state index in [0.717, 1.165) is 12.1 Å². The number of rotatable bonds is 7. The standard InChI is InChI=1S/C41H38N2/c1-5-10-35-29-39(14-8-11-31(35)3)43(41-16-9-13-34-12-6-7-15-40(34)41)38-27-21-33(22-28-38)32-19-25-37(26-20-32)42(4)36-23-17-30(2)18-24-36/h5-28H,29H2,1-4H3/b10-5-.